The minimum atomic E-state index is 0.499. The smallest absolute Gasteiger partial charge is 0.175 e. The van der Waals surface area contributed by atoms with Gasteiger partial charge in [0.1, 0.15) is 0 Å². The van der Waals surface area contributed by atoms with Crippen LogP contribution in [0.4, 0.5) is 11.4 Å². The second kappa shape index (κ2) is 8.51. The highest BCUT2D eigenvalue weighted by atomic mass is 35.5. The van der Waals surface area contributed by atoms with Crippen LogP contribution in [0.2, 0.25) is 10.0 Å². The van der Waals surface area contributed by atoms with E-state index in [4.69, 9.17) is 35.4 Å². The van der Waals surface area contributed by atoms with Crippen molar-refractivity contribution in [1.29, 1.82) is 0 Å². The molecule has 148 valence electrons. The lowest BCUT2D eigenvalue weighted by molar-refractivity contribution is 0.640. The first kappa shape index (κ1) is 20.6. The fourth-order valence-electron chi connectivity index (χ4n) is 3.00. The summed E-state index contributed by atoms with van der Waals surface area (Å²) in [5.41, 5.74) is 5.68. The molecule has 0 atom stereocenters. The van der Waals surface area contributed by atoms with Crippen LogP contribution in [-0.4, -0.2) is 24.7 Å². The van der Waals surface area contributed by atoms with Gasteiger partial charge in [0.05, 0.1) is 51.2 Å². The SMILES string of the molecule is CCn1ncc(NC(=S)Nc2c(C)nn(Cc3ccc(Cl)c(Cl)c3)c2C)c1C. The molecule has 2 heterocycles. The van der Waals surface area contributed by atoms with Crippen molar-refractivity contribution >= 4 is 51.9 Å². The Labute approximate surface area is 179 Å². The van der Waals surface area contributed by atoms with Crippen molar-refractivity contribution < 1.29 is 0 Å². The zero-order valence-electron chi connectivity index (χ0n) is 16.2. The van der Waals surface area contributed by atoms with E-state index >= 15 is 0 Å². The Morgan fingerprint density at radius 1 is 1.07 bits per heavy atom. The number of halogens is 2. The number of hydrogen-bond donors (Lipinski definition) is 2. The molecular formula is C19H22Cl2N6S. The number of nitrogens with one attached hydrogen (secondary N) is 2. The molecule has 0 amide bonds. The van der Waals surface area contributed by atoms with Gasteiger partial charge in [-0.15, -0.1) is 0 Å². The van der Waals surface area contributed by atoms with Gasteiger partial charge in [-0.2, -0.15) is 10.2 Å². The maximum Gasteiger partial charge on any atom is 0.175 e. The van der Waals surface area contributed by atoms with Crippen LogP contribution in [0.25, 0.3) is 0 Å². The molecule has 0 aliphatic heterocycles. The standard InChI is InChI=1S/C19H22Cl2N6S/c1-5-26-12(3)17(9-22-26)23-19(28)24-18-11(2)25-27(13(18)4)10-14-6-7-15(20)16(21)8-14/h6-9H,5,10H2,1-4H3,(H2,23,24,28). The Kier molecular flexibility index (Phi) is 6.27. The molecule has 0 radical (unpaired) electrons. The van der Waals surface area contributed by atoms with Crippen molar-refractivity contribution in [1.82, 2.24) is 19.6 Å². The van der Waals surface area contributed by atoms with E-state index in [1.54, 1.807) is 12.3 Å². The summed E-state index contributed by atoms with van der Waals surface area (Å²) in [6.07, 6.45) is 1.78. The Hall–Kier alpha value is -2.09. The van der Waals surface area contributed by atoms with E-state index in [0.29, 0.717) is 21.7 Å². The third kappa shape index (κ3) is 4.32. The van der Waals surface area contributed by atoms with Crippen LogP contribution in [0.5, 0.6) is 0 Å². The van der Waals surface area contributed by atoms with Crippen LogP contribution in [0.3, 0.4) is 0 Å². The minimum Gasteiger partial charge on any atom is -0.330 e. The maximum atomic E-state index is 6.12. The molecule has 0 fully saturated rings. The predicted molar refractivity (Wildman–Crippen MR) is 120 cm³/mol. The van der Waals surface area contributed by atoms with Crippen LogP contribution in [0.1, 0.15) is 29.6 Å². The monoisotopic (exact) mass is 436 g/mol. The van der Waals surface area contributed by atoms with E-state index < -0.39 is 0 Å². The van der Waals surface area contributed by atoms with E-state index in [1.165, 1.54) is 0 Å². The summed E-state index contributed by atoms with van der Waals surface area (Å²) in [6, 6.07) is 5.59. The van der Waals surface area contributed by atoms with Crippen molar-refractivity contribution in [2.45, 2.75) is 40.8 Å². The highest BCUT2D eigenvalue weighted by Gasteiger charge is 2.14. The molecule has 3 rings (SSSR count). The van der Waals surface area contributed by atoms with Gasteiger partial charge >= 0.3 is 0 Å². The van der Waals surface area contributed by atoms with Gasteiger partial charge in [0.25, 0.3) is 0 Å². The zero-order chi connectivity index (χ0) is 20.4. The number of nitrogens with zero attached hydrogens (tertiary/aromatic N) is 4. The molecule has 2 aromatic heterocycles. The van der Waals surface area contributed by atoms with E-state index in [2.05, 4.69) is 27.8 Å². The van der Waals surface area contributed by atoms with Crippen LogP contribution in [0, 0.1) is 20.8 Å². The molecule has 0 saturated heterocycles. The second-order valence-corrected chi connectivity index (χ2v) is 7.71. The average molecular weight is 437 g/mol. The van der Waals surface area contributed by atoms with Crippen LogP contribution >= 0.6 is 35.4 Å². The third-order valence-electron chi connectivity index (χ3n) is 4.59. The molecule has 0 spiro atoms. The van der Waals surface area contributed by atoms with Crippen molar-refractivity contribution in [3.8, 4) is 0 Å². The normalized spacial score (nSPS) is 10.9. The van der Waals surface area contributed by atoms with Gasteiger partial charge < -0.3 is 10.6 Å². The molecule has 6 nitrogen and oxygen atoms in total. The lowest BCUT2D eigenvalue weighted by atomic mass is 10.2. The van der Waals surface area contributed by atoms with Gasteiger partial charge in [-0.05, 0) is 57.6 Å². The molecule has 0 bridgehead atoms. The average Bonchev–Trinajstić information content (AvgIpc) is 3.12. The predicted octanol–water partition coefficient (Wildman–Crippen LogP) is 5.19. The van der Waals surface area contributed by atoms with Crippen LogP contribution in [0.15, 0.2) is 24.4 Å². The number of anilines is 2. The van der Waals surface area contributed by atoms with Gasteiger partial charge in [0.2, 0.25) is 0 Å². The van der Waals surface area contributed by atoms with Crippen molar-refractivity contribution in [3.05, 3.63) is 57.1 Å². The van der Waals surface area contributed by atoms with E-state index in [9.17, 15) is 0 Å². The van der Waals surface area contributed by atoms with Crippen LogP contribution in [-0.2, 0) is 13.1 Å². The molecule has 0 aliphatic rings. The first-order valence-electron chi connectivity index (χ1n) is 8.88. The Morgan fingerprint density at radius 3 is 2.46 bits per heavy atom. The maximum absolute atomic E-state index is 6.12. The summed E-state index contributed by atoms with van der Waals surface area (Å²) in [7, 11) is 0. The summed E-state index contributed by atoms with van der Waals surface area (Å²) in [5.74, 6) is 0. The summed E-state index contributed by atoms with van der Waals surface area (Å²) in [6.45, 7) is 9.41. The molecule has 2 N–H and O–H groups in total. The molecule has 28 heavy (non-hydrogen) atoms. The van der Waals surface area contributed by atoms with Gasteiger partial charge in [0, 0.05) is 6.54 Å². The minimum absolute atomic E-state index is 0.499. The Balaban J connectivity index is 1.74. The molecule has 0 saturated carbocycles. The second-order valence-electron chi connectivity index (χ2n) is 6.49. The summed E-state index contributed by atoms with van der Waals surface area (Å²) >= 11 is 17.6. The quantitative estimate of drug-likeness (QED) is 0.538. The first-order valence-corrected chi connectivity index (χ1v) is 10.0. The summed E-state index contributed by atoms with van der Waals surface area (Å²) in [4.78, 5) is 0. The summed E-state index contributed by atoms with van der Waals surface area (Å²) in [5, 5.41) is 17.0. The molecule has 9 heteroatoms. The van der Waals surface area contributed by atoms with Crippen molar-refractivity contribution in [2.75, 3.05) is 10.6 Å². The first-order chi connectivity index (χ1) is 13.3. The van der Waals surface area contributed by atoms with Crippen LogP contribution < -0.4 is 10.6 Å². The van der Waals surface area contributed by atoms with Crippen molar-refractivity contribution in [3.63, 3.8) is 0 Å². The Morgan fingerprint density at radius 2 is 1.82 bits per heavy atom. The molecule has 3 aromatic rings. The van der Waals surface area contributed by atoms with Gasteiger partial charge in [-0.3, -0.25) is 9.36 Å². The molecule has 1 aromatic carbocycles. The number of benzene rings is 1. The lowest BCUT2D eigenvalue weighted by Crippen LogP contribution is -2.20. The number of aryl methyl sites for hydroxylation is 2. The van der Waals surface area contributed by atoms with Gasteiger partial charge in [0.15, 0.2) is 5.11 Å². The summed E-state index contributed by atoms with van der Waals surface area (Å²) < 4.78 is 3.83. The molecular weight excluding hydrogens is 415 g/mol. The highest BCUT2D eigenvalue weighted by molar-refractivity contribution is 7.80. The largest absolute Gasteiger partial charge is 0.330 e. The van der Waals surface area contributed by atoms with E-state index in [0.717, 1.165) is 40.6 Å². The lowest BCUT2D eigenvalue weighted by Gasteiger charge is -2.11. The molecule has 0 aliphatic carbocycles. The van der Waals surface area contributed by atoms with Crippen molar-refractivity contribution in [2.24, 2.45) is 0 Å². The number of thiocarbonyl (C=S) groups is 1. The zero-order valence-corrected chi connectivity index (χ0v) is 18.5. The number of hydrogen-bond acceptors (Lipinski definition) is 3. The van der Waals surface area contributed by atoms with Gasteiger partial charge in [-0.1, -0.05) is 29.3 Å². The van der Waals surface area contributed by atoms with Gasteiger partial charge in [-0.25, -0.2) is 0 Å². The fraction of sp³-hybridized carbons (Fsp3) is 0.316. The van der Waals surface area contributed by atoms with E-state index in [1.807, 2.05) is 42.3 Å². The fourth-order valence-corrected chi connectivity index (χ4v) is 3.53. The Bertz CT molecular complexity index is 1020. The highest BCUT2D eigenvalue weighted by Crippen LogP contribution is 2.25. The topological polar surface area (TPSA) is 59.7 Å². The number of aromatic nitrogens is 4. The molecule has 0 unspecified atom stereocenters. The number of rotatable bonds is 5. The van der Waals surface area contributed by atoms with E-state index in [-0.39, 0.29) is 0 Å². The third-order valence-corrected chi connectivity index (χ3v) is 5.53.